The van der Waals surface area contributed by atoms with Gasteiger partial charge in [0, 0.05) is 81.5 Å². The Morgan fingerprint density at radius 2 is 0.611 bits per heavy atom. The van der Waals surface area contributed by atoms with E-state index in [0.717, 1.165) is 61.2 Å². The summed E-state index contributed by atoms with van der Waals surface area (Å²) < 4.78 is 120. The quantitative estimate of drug-likeness (QED) is 0.0368. The van der Waals surface area contributed by atoms with Gasteiger partial charge in [0.05, 0.1) is 36.9 Å². The molecule has 0 radical (unpaired) electrons. The summed E-state index contributed by atoms with van der Waals surface area (Å²) in [6.07, 6.45) is 12.0. The molecule has 0 saturated carbocycles. The first-order chi connectivity index (χ1) is 52.4. The van der Waals surface area contributed by atoms with E-state index in [4.69, 9.17) is 40.0 Å². The summed E-state index contributed by atoms with van der Waals surface area (Å²) in [5.41, 5.74) is 10.4. The molecule has 108 heavy (non-hydrogen) atoms. The van der Waals surface area contributed by atoms with Gasteiger partial charge in [-0.05, 0) is 191 Å². The third kappa shape index (κ3) is 24.1. The van der Waals surface area contributed by atoms with Crippen LogP contribution in [0.4, 0.5) is 0 Å². The number of benzene rings is 9. The average Bonchev–Trinajstić information content (AvgIpc) is 0.794. The largest absolute Gasteiger partial charge is 0.493 e. The van der Waals surface area contributed by atoms with Crippen molar-refractivity contribution >= 4 is 41.7 Å². The zero-order valence-corrected chi connectivity index (χ0v) is 63.9. The first-order valence-electron chi connectivity index (χ1n) is 35.0. The van der Waals surface area contributed by atoms with E-state index in [1.807, 2.05) is 231 Å². The van der Waals surface area contributed by atoms with Crippen LogP contribution < -0.4 is 28.4 Å². The van der Waals surface area contributed by atoms with Gasteiger partial charge in [-0.25, -0.2) is 25.3 Å². The van der Waals surface area contributed by atoms with Crippen LogP contribution in [0.2, 0.25) is 5.02 Å². The Balaban J connectivity index is 0.000000173. The van der Waals surface area contributed by atoms with Gasteiger partial charge in [0.2, 0.25) is 30.1 Å². The predicted octanol–water partition coefficient (Wildman–Crippen LogP) is 16.4. The van der Waals surface area contributed by atoms with Crippen molar-refractivity contribution in [3.8, 4) is 34.5 Å². The zero-order chi connectivity index (χ0) is 76.0. The molecule has 0 N–H and O–H groups in total. The molecule has 0 spiro atoms. The third-order valence-electron chi connectivity index (χ3n) is 17.4. The number of halogens is 1. The van der Waals surface area contributed by atoms with Crippen LogP contribution in [0.25, 0.3) is 0 Å². The summed E-state index contributed by atoms with van der Waals surface area (Å²) >= 11 is 5.99. The first-order valence-corrected chi connectivity index (χ1v) is 39.8. The summed E-state index contributed by atoms with van der Waals surface area (Å²) in [6, 6.07) is 80.0. The SMILES string of the molecule is COc1cc(CN(CCc2ccncc2)S(=O)(=O)Cc2ccccc2)ccc1OCc1ccccc1.COc1cc(CN(CCc2ccncc2)S(=O)(=O)c2ccc(C)cc2)ccc1OCc1ccccc1.COc1cc(CN(CCc2ccncc2)S(=O)(=O)c2ccc(Cl)cc2)ccc1OCc1ccccc1. The summed E-state index contributed by atoms with van der Waals surface area (Å²) in [4.78, 5) is 12.6. The van der Waals surface area contributed by atoms with Crippen molar-refractivity contribution in [2.45, 2.75) is 81.2 Å². The molecule has 0 aliphatic rings. The highest BCUT2D eigenvalue weighted by Gasteiger charge is 2.28. The van der Waals surface area contributed by atoms with Crippen molar-refractivity contribution in [1.82, 2.24) is 27.9 Å². The van der Waals surface area contributed by atoms with E-state index in [-0.39, 0.29) is 35.2 Å². The summed E-state index contributed by atoms with van der Waals surface area (Å²) in [5.74, 6) is 3.42. The van der Waals surface area contributed by atoms with Crippen molar-refractivity contribution in [3.05, 3.63) is 364 Å². The molecule has 0 fully saturated rings. The highest BCUT2D eigenvalue weighted by Crippen LogP contribution is 2.34. The van der Waals surface area contributed by atoms with Crippen LogP contribution in [0, 0.1) is 6.92 Å². The second-order valence-electron chi connectivity index (χ2n) is 25.1. The normalized spacial score (nSPS) is 11.4. The maximum absolute atomic E-state index is 13.6. The Labute approximate surface area is 639 Å². The van der Waals surface area contributed by atoms with Gasteiger partial charge in [-0.3, -0.25) is 15.0 Å². The van der Waals surface area contributed by atoms with E-state index in [1.54, 1.807) is 87.1 Å². The molecule has 0 aliphatic carbocycles. The lowest BCUT2D eigenvalue weighted by Gasteiger charge is -2.23. The number of sulfonamides is 3. The maximum atomic E-state index is 13.6. The van der Waals surface area contributed by atoms with Gasteiger partial charge in [-0.15, -0.1) is 0 Å². The Morgan fingerprint density at radius 1 is 0.315 bits per heavy atom. The molecule has 0 amide bonds. The van der Waals surface area contributed by atoms with E-state index < -0.39 is 30.1 Å². The Bertz CT molecular complexity index is 4860. The second kappa shape index (κ2) is 40.3. The molecule has 18 nitrogen and oxygen atoms in total. The van der Waals surface area contributed by atoms with Gasteiger partial charge < -0.3 is 28.4 Å². The van der Waals surface area contributed by atoms with Gasteiger partial charge in [0.25, 0.3) is 0 Å². The number of ether oxygens (including phenoxy) is 6. The van der Waals surface area contributed by atoms with Crippen LogP contribution in [0.1, 0.15) is 61.2 Å². The monoisotopic (exact) mass is 1530 g/mol. The molecule has 0 aliphatic heterocycles. The molecule has 0 unspecified atom stereocenters. The molecule has 12 aromatic rings. The van der Waals surface area contributed by atoms with E-state index in [9.17, 15) is 25.3 Å². The molecule has 9 aromatic carbocycles. The topological polar surface area (TPSA) is 206 Å². The molecule has 558 valence electrons. The smallest absolute Gasteiger partial charge is 0.243 e. The fraction of sp³-hybridized carbons (Fsp3) is 0.198. The number of methoxy groups -OCH3 is 3. The molecule has 0 atom stereocenters. The van der Waals surface area contributed by atoms with Crippen molar-refractivity contribution in [1.29, 1.82) is 0 Å². The van der Waals surface area contributed by atoms with E-state index >= 15 is 0 Å². The van der Waals surface area contributed by atoms with Crippen LogP contribution in [-0.4, -0.2) is 94.1 Å². The van der Waals surface area contributed by atoms with Crippen molar-refractivity contribution < 1.29 is 53.7 Å². The molecule has 0 bridgehead atoms. The van der Waals surface area contributed by atoms with Crippen molar-refractivity contribution in [2.75, 3.05) is 41.0 Å². The fourth-order valence-electron chi connectivity index (χ4n) is 11.4. The molecule has 3 aromatic heterocycles. The lowest BCUT2D eigenvalue weighted by Crippen LogP contribution is -2.33. The van der Waals surface area contributed by atoms with Gasteiger partial charge in [0.15, 0.2) is 34.5 Å². The number of aromatic nitrogens is 3. The third-order valence-corrected chi connectivity index (χ3v) is 23.1. The minimum absolute atomic E-state index is 0.0560. The predicted molar refractivity (Wildman–Crippen MR) is 422 cm³/mol. The summed E-state index contributed by atoms with van der Waals surface area (Å²) in [6.45, 7) is 4.75. The number of nitrogens with zero attached hydrogens (tertiary/aromatic N) is 6. The summed E-state index contributed by atoms with van der Waals surface area (Å²) in [7, 11) is -6.33. The molecular formula is C86H87ClN6O12S3. The van der Waals surface area contributed by atoms with Gasteiger partial charge >= 0.3 is 0 Å². The van der Waals surface area contributed by atoms with Crippen LogP contribution >= 0.6 is 11.6 Å². The zero-order valence-electron chi connectivity index (χ0n) is 60.7. The molecule has 22 heteroatoms. The number of hydrogen-bond acceptors (Lipinski definition) is 15. The van der Waals surface area contributed by atoms with Crippen molar-refractivity contribution in [2.24, 2.45) is 0 Å². The van der Waals surface area contributed by atoms with E-state index in [2.05, 4.69) is 15.0 Å². The standard InChI is InChI=1S/2C29H30N2O4S.C28H27ClN2O4S/c1-23-8-11-27(12-9-23)36(32,33)31(19-16-24-14-17-30-18-15-24)21-26-10-13-28(29(20-26)34-2)35-22-25-6-4-3-5-7-25;1-34-29-20-27(12-13-28(29)35-22-25-8-4-2-5-9-25)21-31(19-16-24-14-17-30-18-15-24)36(32,33)23-26-10-6-3-7-11-26;1-34-28-19-24(7-12-27(28)35-21-23-5-3-2-4-6-23)20-31(18-15-22-13-16-30-17-14-22)36(32,33)26-10-8-25(29)9-11-26/h3-15,17-18,20H,16,19,21-22H2,1-2H3;2-15,17-18,20H,16,19,21-23H2,1H3;2-14,16-17,19H,15,18,20-21H2,1H3. The average molecular weight is 1530 g/mol. The lowest BCUT2D eigenvalue weighted by molar-refractivity contribution is 0.284. The summed E-state index contributed by atoms with van der Waals surface area (Å²) in [5, 5.41) is 0.480. The lowest BCUT2D eigenvalue weighted by atomic mass is 10.1. The van der Waals surface area contributed by atoms with Crippen LogP contribution in [0.15, 0.2) is 308 Å². The highest BCUT2D eigenvalue weighted by molar-refractivity contribution is 7.89. The number of aryl methyl sites for hydroxylation is 1. The minimum atomic E-state index is -3.78. The molecule has 0 saturated heterocycles. The van der Waals surface area contributed by atoms with Crippen LogP contribution in [-0.2, 0) is 94.5 Å². The Hall–Kier alpha value is -10.8. The fourth-order valence-corrected chi connectivity index (χ4v) is 15.9. The van der Waals surface area contributed by atoms with Crippen molar-refractivity contribution in [3.63, 3.8) is 0 Å². The van der Waals surface area contributed by atoms with E-state index in [1.165, 1.54) is 20.7 Å². The Kier molecular flexibility index (Phi) is 29.8. The highest BCUT2D eigenvalue weighted by atomic mass is 35.5. The second-order valence-corrected chi connectivity index (χ2v) is 31.4. The Morgan fingerprint density at radius 3 is 0.935 bits per heavy atom. The van der Waals surface area contributed by atoms with Gasteiger partial charge in [0.1, 0.15) is 19.8 Å². The van der Waals surface area contributed by atoms with Crippen LogP contribution in [0.3, 0.4) is 0 Å². The van der Waals surface area contributed by atoms with E-state index in [0.29, 0.717) is 98.2 Å². The van der Waals surface area contributed by atoms with Gasteiger partial charge in [-0.1, -0.05) is 169 Å². The van der Waals surface area contributed by atoms with Crippen LogP contribution in [0.5, 0.6) is 34.5 Å². The number of rotatable bonds is 34. The maximum Gasteiger partial charge on any atom is 0.243 e. The first kappa shape index (κ1) is 79.8. The minimum Gasteiger partial charge on any atom is -0.493 e. The number of pyridine rings is 3. The molecule has 12 rings (SSSR count). The molecular weight excluding hydrogens is 1440 g/mol. The van der Waals surface area contributed by atoms with Gasteiger partial charge in [-0.2, -0.15) is 12.9 Å². The number of hydrogen-bond donors (Lipinski definition) is 0. The molecule has 3 heterocycles.